The maximum absolute atomic E-state index is 12.2. The average molecular weight is 684 g/mol. The van der Waals surface area contributed by atoms with E-state index in [0.717, 1.165) is 68.4 Å². The van der Waals surface area contributed by atoms with Crippen molar-refractivity contribution in [2.45, 2.75) is 18.9 Å². The maximum atomic E-state index is 12.2. The molecule has 2 aliphatic rings. The molecule has 0 unspecified atom stereocenters. The minimum atomic E-state index is -3.54. The summed E-state index contributed by atoms with van der Waals surface area (Å²) >= 11 is 19.5. The number of aromatic nitrogens is 2. The number of nitrogens with zero attached hydrogens (tertiary/aromatic N) is 6. The third-order valence-corrected chi connectivity index (χ3v) is 10.2. The number of methoxy groups -OCH3 is 1. The van der Waals surface area contributed by atoms with Gasteiger partial charge in [0, 0.05) is 63.4 Å². The lowest BCUT2D eigenvalue weighted by atomic mass is 10.0. The van der Waals surface area contributed by atoms with Crippen LogP contribution in [-0.2, 0) is 10.0 Å². The number of rotatable bonds is 9. The lowest BCUT2D eigenvalue weighted by Gasteiger charge is -2.42. The second-order valence-electron chi connectivity index (χ2n) is 11.1. The number of piperidine rings is 1. The van der Waals surface area contributed by atoms with E-state index in [4.69, 9.17) is 39.5 Å². The minimum absolute atomic E-state index is 0.226. The van der Waals surface area contributed by atoms with Gasteiger partial charge in [-0.2, -0.15) is 4.98 Å². The van der Waals surface area contributed by atoms with Crippen molar-refractivity contribution >= 4 is 79.3 Å². The molecule has 5 rings (SSSR count). The van der Waals surface area contributed by atoms with Gasteiger partial charge in [0.15, 0.2) is 5.82 Å². The van der Waals surface area contributed by atoms with Gasteiger partial charge in [-0.15, -0.1) is 0 Å². The summed E-state index contributed by atoms with van der Waals surface area (Å²) in [5.41, 5.74) is 2.28. The van der Waals surface area contributed by atoms with E-state index in [-0.39, 0.29) is 16.8 Å². The van der Waals surface area contributed by atoms with Crippen molar-refractivity contribution < 1.29 is 13.2 Å². The largest absolute Gasteiger partial charge is 0.494 e. The van der Waals surface area contributed by atoms with Crippen molar-refractivity contribution in [1.29, 1.82) is 0 Å². The van der Waals surface area contributed by atoms with E-state index in [1.807, 2.05) is 12.1 Å². The molecular weight excluding hydrogens is 647 g/mol. The second-order valence-corrected chi connectivity index (χ2v) is 14.4. The Bertz CT molecular complexity index is 1600. The number of piperazine rings is 1. The molecule has 11 nitrogen and oxygen atoms in total. The van der Waals surface area contributed by atoms with Crippen LogP contribution in [0.1, 0.15) is 12.8 Å². The maximum Gasteiger partial charge on any atom is 0.232 e. The first kappa shape index (κ1) is 32.6. The van der Waals surface area contributed by atoms with Gasteiger partial charge in [0.05, 0.1) is 47.3 Å². The molecule has 2 aliphatic heterocycles. The third-order valence-electron chi connectivity index (χ3n) is 8.17. The Kier molecular flexibility index (Phi) is 10.2. The second kappa shape index (κ2) is 13.7. The Hall–Kier alpha value is -2.74. The fourth-order valence-corrected chi connectivity index (χ4v) is 6.65. The number of ether oxygens (including phenoxy) is 1. The van der Waals surface area contributed by atoms with Crippen LogP contribution in [-0.4, -0.2) is 101 Å². The van der Waals surface area contributed by atoms with Crippen LogP contribution in [0.2, 0.25) is 15.1 Å². The Morgan fingerprint density at radius 2 is 1.66 bits per heavy atom. The van der Waals surface area contributed by atoms with Gasteiger partial charge < -0.3 is 25.2 Å². The first-order chi connectivity index (χ1) is 20.9. The Labute approximate surface area is 274 Å². The molecule has 15 heteroatoms. The third kappa shape index (κ3) is 7.55. The lowest BCUT2D eigenvalue weighted by molar-refractivity contribution is 0.0982. The topological polar surface area (TPSA) is 106 Å². The summed E-state index contributed by atoms with van der Waals surface area (Å²) in [7, 11) is 1.70. The van der Waals surface area contributed by atoms with Crippen LogP contribution < -0.4 is 24.6 Å². The first-order valence-corrected chi connectivity index (χ1v) is 17.3. The molecule has 238 valence electrons. The summed E-state index contributed by atoms with van der Waals surface area (Å²) in [6.45, 7) is 6.32. The van der Waals surface area contributed by atoms with Crippen molar-refractivity contribution in [3.63, 3.8) is 0 Å². The summed E-state index contributed by atoms with van der Waals surface area (Å²) in [4.78, 5) is 16.2. The number of anilines is 6. The summed E-state index contributed by atoms with van der Waals surface area (Å²) in [6, 6.07) is 9.15. The van der Waals surface area contributed by atoms with Gasteiger partial charge in [0.1, 0.15) is 10.8 Å². The number of hydrogen-bond donors (Lipinski definition) is 2. The van der Waals surface area contributed by atoms with Crippen molar-refractivity contribution in [3.05, 3.63) is 51.6 Å². The highest BCUT2D eigenvalue weighted by molar-refractivity contribution is 7.92. The zero-order valence-corrected chi connectivity index (χ0v) is 28.2. The lowest BCUT2D eigenvalue weighted by Crippen LogP contribution is -2.52. The molecule has 0 atom stereocenters. The molecule has 44 heavy (non-hydrogen) atoms. The van der Waals surface area contributed by atoms with Crippen LogP contribution in [0.4, 0.5) is 34.5 Å². The highest BCUT2D eigenvalue weighted by Gasteiger charge is 2.28. The van der Waals surface area contributed by atoms with Gasteiger partial charge in [-0.05, 0) is 44.2 Å². The standard InChI is InChI=1S/C29H37Cl3N8O3S/c1-37-11-13-39(14-12-37)20-7-9-40(10-8-20)26-17-27(43-3)24(16-21(26)31)35-29-33-18-22(32)28(36-29)34-23-15-19(30)5-6-25(23)38(2)44(4,41)42/h5-6,15-18,20H,7-14H2,1-4H3,(H2,33,34,35,36). The quantitative estimate of drug-likeness (QED) is 0.299. The van der Waals surface area contributed by atoms with Crippen LogP contribution in [0.15, 0.2) is 36.5 Å². The molecule has 2 N–H and O–H groups in total. The molecule has 0 radical (unpaired) electrons. The molecular formula is C29H37Cl3N8O3S. The molecule has 2 fully saturated rings. The molecule has 3 aromatic rings. The van der Waals surface area contributed by atoms with Crippen molar-refractivity contribution in [2.24, 2.45) is 0 Å². The number of sulfonamides is 1. The first-order valence-electron chi connectivity index (χ1n) is 14.3. The molecule has 0 bridgehead atoms. The van der Waals surface area contributed by atoms with Gasteiger partial charge >= 0.3 is 0 Å². The van der Waals surface area contributed by atoms with Crippen molar-refractivity contribution in [2.75, 3.05) is 86.6 Å². The van der Waals surface area contributed by atoms with Crippen molar-refractivity contribution in [1.82, 2.24) is 19.8 Å². The monoisotopic (exact) mass is 682 g/mol. The zero-order valence-electron chi connectivity index (χ0n) is 25.1. The summed E-state index contributed by atoms with van der Waals surface area (Å²) in [5, 5.41) is 7.50. The van der Waals surface area contributed by atoms with Gasteiger partial charge in [0.2, 0.25) is 16.0 Å². The van der Waals surface area contributed by atoms with E-state index in [1.165, 1.54) is 13.2 Å². The van der Waals surface area contributed by atoms with Gasteiger partial charge in [-0.1, -0.05) is 34.8 Å². The Morgan fingerprint density at radius 3 is 2.32 bits per heavy atom. The smallest absolute Gasteiger partial charge is 0.232 e. The normalized spacial score (nSPS) is 17.0. The summed E-state index contributed by atoms with van der Waals surface area (Å²) < 4.78 is 31.3. The minimum Gasteiger partial charge on any atom is -0.494 e. The summed E-state index contributed by atoms with van der Waals surface area (Å²) in [5.74, 6) is 1.07. The highest BCUT2D eigenvalue weighted by Crippen LogP contribution is 2.40. The molecule has 0 spiro atoms. The Morgan fingerprint density at radius 1 is 0.955 bits per heavy atom. The van der Waals surface area contributed by atoms with E-state index in [1.54, 1.807) is 25.3 Å². The van der Waals surface area contributed by atoms with Gasteiger partial charge in [0.25, 0.3) is 0 Å². The molecule has 2 saturated heterocycles. The Balaban J connectivity index is 1.32. The van der Waals surface area contributed by atoms with E-state index >= 15 is 0 Å². The number of benzene rings is 2. The predicted octanol–water partition coefficient (Wildman–Crippen LogP) is 5.54. The molecule has 2 aromatic carbocycles. The number of halogens is 3. The predicted molar refractivity (Wildman–Crippen MR) is 181 cm³/mol. The van der Waals surface area contributed by atoms with Gasteiger partial charge in [-0.25, -0.2) is 13.4 Å². The molecule has 0 amide bonds. The van der Waals surface area contributed by atoms with Crippen LogP contribution in [0, 0.1) is 0 Å². The van der Waals surface area contributed by atoms with Gasteiger partial charge in [-0.3, -0.25) is 9.21 Å². The number of nitrogens with one attached hydrogen (secondary N) is 2. The van der Waals surface area contributed by atoms with Crippen molar-refractivity contribution in [3.8, 4) is 5.75 Å². The fraction of sp³-hybridized carbons (Fsp3) is 0.448. The number of hydrogen-bond acceptors (Lipinski definition) is 10. The fourth-order valence-electron chi connectivity index (χ4n) is 5.54. The van der Waals surface area contributed by atoms with E-state index in [9.17, 15) is 8.42 Å². The molecule has 0 aliphatic carbocycles. The molecule has 1 aromatic heterocycles. The van der Waals surface area contributed by atoms with Crippen LogP contribution in [0.5, 0.6) is 5.75 Å². The van der Waals surface area contributed by atoms with Crippen LogP contribution in [0.25, 0.3) is 0 Å². The summed E-state index contributed by atoms with van der Waals surface area (Å²) in [6.07, 6.45) is 4.73. The van der Waals surface area contributed by atoms with E-state index in [0.29, 0.717) is 38.9 Å². The highest BCUT2D eigenvalue weighted by atomic mass is 35.5. The van der Waals surface area contributed by atoms with E-state index in [2.05, 4.69) is 42.3 Å². The van der Waals surface area contributed by atoms with Crippen LogP contribution >= 0.6 is 34.8 Å². The average Bonchev–Trinajstić information content (AvgIpc) is 2.99. The number of likely N-dealkylation sites (N-methyl/N-ethyl adjacent to an activating group) is 1. The van der Waals surface area contributed by atoms with Crippen LogP contribution in [0.3, 0.4) is 0 Å². The zero-order chi connectivity index (χ0) is 31.6. The van der Waals surface area contributed by atoms with E-state index < -0.39 is 10.0 Å². The molecule has 3 heterocycles. The SMILES string of the molecule is COc1cc(N2CCC(N3CCN(C)CC3)CC2)c(Cl)cc1Nc1ncc(Cl)c(Nc2cc(Cl)ccc2N(C)S(C)(=O)=O)n1. The molecule has 0 saturated carbocycles.